The van der Waals surface area contributed by atoms with Gasteiger partial charge in [0.05, 0.1) is 45.1 Å². The van der Waals surface area contributed by atoms with E-state index in [2.05, 4.69) is 0 Å². The molecule has 1 heterocycles. The molecule has 1 atom stereocenters. The minimum atomic E-state index is -0.922. The van der Waals surface area contributed by atoms with Gasteiger partial charge in [-0.1, -0.05) is 19.1 Å². The Bertz CT molecular complexity index is 1330. The number of carbonyl (C=O) groups is 2. The standard InChI is InChI=1S/C29H29NO7/c1-5-15-37-22-8-6-7-18(16-22)26-25(27(31)23-17-21(35-3)13-14-24(23)36-4)28(32)29(33)30(26)19-9-11-20(34-2)12-10-19/h6-14,16-17,26,31H,5,15H2,1-4H3/b27-25+. The molecule has 1 amide bonds. The Labute approximate surface area is 215 Å². The summed E-state index contributed by atoms with van der Waals surface area (Å²) in [6.45, 7) is 2.52. The average Bonchev–Trinajstić information content (AvgIpc) is 3.21. The van der Waals surface area contributed by atoms with Gasteiger partial charge in [0.2, 0.25) is 0 Å². The Hall–Kier alpha value is -4.46. The van der Waals surface area contributed by atoms with Crippen LogP contribution < -0.4 is 23.8 Å². The van der Waals surface area contributed by atoms with Crippen LogP contribution in [0.1, 0.15) is 30.5 Å². The summed E-state index contributed by atoms with van der Waals surface area (Å²) in [5.41, 5.74) is 1.24. The molecular weight excluding hydrogens is 474 g/mol. The van der Waals surface area contributed by atoms with E-state index in [9.17, 15) is 14.7 Å². The molecule has 1 fully saturated rings. The monoisotopic (exact) mass is 503 g/mol. The van der Waals surface area contributed by atoms with Crippen molar-refractivity contribution in [2.45, 2.75) is 19.4 Å². The number of rotatable bonds is 9. The highest BCUT2D eigenvalue weighted by molar-refractivity contribution is 6.51. The molecule has 4 rings (SSSR count). The van der Waals surface area contributed by atoms with Gasteiger partial charge in [-0.25, -0.2) is 0 Å². The van der Waals surface area contributed by atoms with Crippen LogP contribution in [0.3, 0.4) is 0 Å². The fourth-order valence-electron chi connectivity index (χ4n) is 4.30. The predicted molar refractivity (Wildman–Crippen MR) is 140 cm³/mol. The third-order valence-corrected chi connectivity index (χ3v) is 6.10. The Morgan fingerprint density at radius 3 is 2.22 bits per heavy atom. The van der Waals surface area contributed by atoms with E-state index in [4.69, 9.17) is 18.9 Å². The molecule has 1 unspecified atom stereocenters. The number of carbonyl (C=O) groups excluding carboxylic acids is 2. The molecule has 1 N–H and O–H groups in total. The highest BCUT2D eigenvalue weighted by Crippen LogP contribution is 2.44. The van der Waals surface area contributed by atoms with Crippen molar-refractivity contribution in [3.8, 4) is 23.0 Å². The Morgan fingerprint density at radius 1 is 0.865 bits per heavy atom. The molecule has 1 aliphatic rings. The Balaban J connectivity index is 1.94. The zero-order valence-corrected chi connectivity index (χ0v) is 21.2. The highest BCUT2D eigenvalue weighted by atomic mass is 16.5. The first kappa shape index (κ1) is 25.6. The molecule has 8 heteroatoms. The number of nitrogens with zero attached hydrogens (tertiary/aromatic N) is 1. The summed E-state index contributed by atoms with van der Waals surface area (Å²) in [5, 5.41) is 11.5. The molecule has 1 saturated heterocycles. The molecule has 3 aromatic rings. The Kier molecular flexibility index (Phi) is 7.67. The van der Waals surface area contributed by atoms with Gasteiger partial charge in [-0.3, -0.25) is 14.5 Å². The quantitative estimate of drug-likeness (QED) is 0.246. The van der Waals surface area contributed by atoms with Crippen molar-refractivity contribution in [1.82, 2.24) is 0 Å². The molecule has 3 aromatic carbocycles. The lowest BCUT2D eigenvalue weighted by Gasteiger charge is -2.26. The van der Waals surface area contributed by atoms with E-state index >= 15 is 0 Å². The molecule has 0 aliphatic carbocycles. The number of Topliss-reactive ketones (excluding diaryl/α,β-unsaturated/α-hetero) is 1. The van der Waals surface area contributed by atoms with E-state index in [-0.39, 0.29) is 16.9 Å². The first-order valence-corrected chi connectivity index (χ1v) is 11.8. The van der Waals surface area contributed by atoms with Crippen molar-refractivity contribution in [1.29, 1.82) is 0 Å². The molecule has 8 nitrogen and oxygen atoms in total. The zero-order valence-electron chi connectivity index (χ0n) is 21.2. The number of aliphatic hydroxyl groups excluding tert-OH is 1. The second-order valence-corrected chi connectivity index (χ2v) is 8.35. The largest absolute Gasteiger partial charge is 0.507 e. The number of methoxy groups -OCH3 is 3. The van der Waals surface area contributed by atoms with Crippen molar-refractivity contribution >= 4 is 23.1 Å². The number of amides is 1. The fourth-order valence-corrected chi connectivity index (χ4v) is 4.30. The third-order valence-electron chi connectivity index (χ3n) is 6.10. The molecular formula is C29H29NO7. The second-order valence-electron chi connectivity index (χ2n) is 8.35. The number of benzene rings is 3. The van der Waals surface area contributed by atoms with Gasteiger partial charge >= 0.3 is 0 Å². The smallest absolute Gasteiger partial charge is 0.300 e. The van der Waals surface area contributed by atoms with Crippen LogP contribution in [0.4, 0.5) is 5.69 Å². The molecule has 1 aliphatic heterocycles. The van der Waals surface area contributed by atoms with Gasteiger partial charge < -0.3 is 24.1 Å². The van der Waals surface area contributed by atoms with Gasteiger partial charge in [0.1, 0.15) is 28.8 Å². The first-order valence-electron chi connectivity index (χ1n) is 11.8. The number of ether oxygens (including phenoxy) is 4. The summed E-state index contributed by atoms with van der Waals surface area (Å²) in [7, 11) is 4.50. The molecule has 0 bridgehead atoms. The fraction of sp³-hybridized carbons (Fsp3) is 0.241. The van der Waals surface area contributed by atoms with Crippen molar-refractivity contribution in [3.05, 3.63) is 83.4 Å². The third kappa shape index (κ3) is 4.95. The number of hydrogen-bond donors (Lipinski definition) is 1. The van der Waals surface area contributed by atoms with Crippen LogP contribution in [0.25, 0.3) is 5.76 Å². The summed E-state index contributed by atoms with van der Waals surface area (Å²) in [6, 6.07) is 17.9. The van der Waals surface area contributed by atoms with Crippen LogP contribution in [0.15, 0.2) is 72.3 Å². The van der Waals surface area contributed by atoms with Crippen LogP contribution in [-0.2, 0) is 9.59 Å². The van der Waals surface area contributed by atoms with Gasteiger partial charge in [0, 0.05) is 5.69 Å². The van der Waals surface area contributed by atoms with Crippen LogP contribution in [0, 0.1) is 0 Å². The molecule has 0 aromatic heterocycles. The number of anilines is 1. The maximum Gasteiger partial charge on any atom is 0.300 e. The molecule has 192 valence electrons. The van der Waals surface area contributed by atoms with Crippen molar-refractivity contribution in [3.63, 3.8) is 0 Å². The molecule has 0 saturated carbocycles. The number of aliphatic hydroxyl groups is 1. The van der Waals surface area contributed by atoms with Crippen molar-refractivity contribution in [2.75, 3.05) is 32.8 Å². The maximum atomic E-state index is 13.5. The SMILES string of the molecule is CCCOc1cccc(C2/C(=C(\O)c3cc(OC)ccc3OC)C(=O)C(=O)N2c2ccc(OC)cc2)c1. The number of ketones is 1. The topological polar surface area (TPSA) is 94.5 Å². The lowest BCUT2D eigenvalue weighted by Crippen LogP contribution is -2.29. The lowest BCUT2D eigenvalue weighted by molar-refractivity contribution is -0.132. The summed E-state index contributed by atoms with van der Waals surface area (Å²) < 4.78 is 21.8. The van der Waals surface area contributed by atoms with Crippen LogP contribution in [-0.4, -0.2) is 44.7 Å². The van der Waals surface area contributed by atoms with Gasteiger partial charge in [0.25, 0.3) is 11.7 Å². The van der Waals surface area contributed by atoms with Crippen molar-refractivity contribution in [2.24, 2.45) is 0 Å². The van der Waals surface area contributed by atoms with Crippen LogP contribution in [0.5, 0.6) is 23.0 Å². The van der Waals surface area contributed by atoms with E-state index in [1.807, 2.05) is 13.0 Å². The molecule has 0 spiro atoms. The van der Waals surface area contributed by atoms with Crippen LogP contribution >= 0.6 is 0 Å². The minimum Gasteiger partial charge on any atom is -0.507 e. The highest BCUT2D eigenvalue weighted by Gasteiger charge is 2.47. The zero-order chi connectivity index (χ0) is 26.5. The summed E-state index contributed by atoms with van der Waals surface area (Å²) in [4.78, 5) is 28.3. The summed E-state index contributed by atoms with van der Waals surface area (Å²) in [5.74, 6) is 0.0362. The number of hydrogen-bond acceptors (Lipinski definition) is 7. The van der Waals surface area contributed by atoms with Crippen molar-refractivity contribution < 1.29 is 33.6 Å². The minimum absolute atomic E-state index is 0.0694. The summed E-state index contributed by atoms with van der Waals surface area (Å²) >= 11 is 0. The Morgan fingerprint density at radius 2 is 1.57 bits per heavy atom. The first-order chi connectivity index (χ1) is 17.9. The summed E-state index contributed by atoms with van der Waals surface area (Å²) in [6.07, 6.45) is 0.824. The van der Waals surface area contributed by atoms with Gasteiger partial charge in [-0.2, -0.15) is 0 Å². The van der Waals surface area contributed by atoms with E-state index in [0.717, 1.165) is 6.42 Å². The van der Waals surface area contributed by atoms with E-state index < -0.39 is 17.7 Å². The normalized spacial score (nSPS) is 16.5. The molecule has 0 radical (unpaired) electrons. The van der Waals surface area contributed by atoms with Crippen LogP contribution in [0.2, 0.25) is 0 Å². The van der Waals surface area contributed by atoms with Gasteiger partial charge in [-0.15, -0.1) is 0 Å². The van der Waals surface area contributed by atoms with Gasteiger partial charge in [0.15, 0.2) is 0 Å². The average molecular weight is 504 g/mol. The lowest BCUT2D eigenvalue weighted by atomic mass is 9.94. The van der Waals surface area contributed by atoms with E-state index in [1.54, 1.807) is 67.8 Å². The van der Waals surface area contributed by atoms with E-state index in [0.29, 0.717) is 40.9 Å². The second kappa shape index (κ2) is 11.1. The maximum absolute atomic E-state index is 13.5. The van der Waals surface area contributed by atoms with E-state index in [1.165, 1.54) is 19.1 Å². The predicted octanol–water partition coefficient (Wildman–Crippen LogP) is 5.13. The van der Waals surface area contributed by atoms with Gasteiger partial charge in [-0.05, 0) is 66.6 Å². The molecule has 37 heavy (non-hydrogen) atoms.